The van der Waals surface area contributed by atoms with Gasteiger partial charge < -0.3 is 5.11 Å². The van der Waals surface area contributed by atoms with Crippen molar-refractivity contribution < 1.29 is 13.5 Å². The molecule has 5 nitrogen and oxygen atoms in total. The van der Waals surface area contributed by atoms with E-state index in [1.54, 1.807) is 36.1 Å². The number of sulfone groups is 1. The molecule has 18 heavy (non-hydrogen) atoms. The van der Waals surface area contributed by atoms with Crippen LogP contribution in [0.1, 0.15) is 17.4 Å². The third-order valence-electron chi connectivity index (χ3n) is 2.76. The van der Waals surface area contributed by atoms with Crippen LogP contribution in [0, 0.1) is 0 Å². The summed E-state index contributed by atoms with van der Waals surface area (Å²) in [6, 6.07) is 7.91. The van der Waals surface area contributed by atoms with Crippen LogP contribution in [0.2, 0.25) is 0 Å². The minimum atomic E-state index is -3.21. The fraction of sp³-hybridized carbons (Fsp3) is 0.250. The molecule has 0 fully saturated rings. The molecule has 0 spiro atoms. The van der Waals surface area contributed by atoms with Crippen molar-refractivity contribution in [1.29, 1.82) is 0 Å². The normalized spacial score (nSPS) is 13.5. The summed E-state index contributed by atoms with van der Waals surface area (Å²) in [4.78, 5) is 0.239. The summed E-state index contributed by atoms with van der Waals surface area (Å²) >= 11 is 0. The quantitative estimate of drug-likeness (QED) is 0.896. The van der Waals surface area contributed by atoms with Gasteiger partial charge in [-0.25, -0.2) is 8.42 Å². The first-order chi connectivity index (χ1) is 8.39. The highest BCUT2D eigenvalue weighted by Crippen LogP contribution is 2.22. The molecule has 1 unspecified atom stereocenters. The number of rotatable bonds is 3. The summed E-state index contributed by atoms with van der Waals surface area (Å²) in [6.45, 7) is 0. The lowest BCUT2D eigenvalue weighted by Gasteiger charge is -2.11. The van der Waals surface area contributed by atoms with E-state index in [1.807, 2.05) is 0 Å². The van der Waals surface area contributed by atoms with E-state index in [0.29, 0.717) is 11.3 Å². The molecular formula is C12H14N2O3S. The average molecular weight is 266 g/mol. The summed E-state index contributed by atoms with van der Waals surface area (Å²) < 4.78 is 24.2. The average Bonchev–Trinajstić information content (AvgIpc) is 2.73. The molecule has 2 aromatic rings. The fourth-order valence-corrected chi connectivity index (χ4v) is 2.35. The van der Waals surface area contributed by atoms with Crippen LogP contribution in [0.5, 0.6) is 0 Å². The van der Waals surface area contributed by atoms with Crippen LogP contribution in [0.15, 0.2) is 41.4 Å². The molecular weight excluding hydrogens is 252 g/mol. The van der Waals surface area contributed by atoms with E-state index in [2.05, 4.69) is 5.10 Å². The molecule has 0 radical (unpaired) electrons. The molecule has 0 saturated heterocycles. The second kappa shape index (κ2) is 4.55. The summed E-state index contributed by atoms with van der Waals surface area (Å²) in [5, 5.41) is 14.1. The van der Waals surface area contributed by atoms with Gasteiger partial charge in [-0.2, -0.15) is 5.10 Å². The summed E-state index contributed by atoms with van der Waals surface area (Å²) in [7, 11) is -1.47. The molecule has 1 aromatic carbocycles. The van der Waals surface area contributed by atoms with Gasteiger partial charge in [0.2, 0.25) is 0 Å². The zero-order valence-corrected chi connectivity index (χ0v) is 10.9. The number of hydrogen-bond acceptors (Lipinski definition) is 4. The van der Waals surface area contributed by atoms with Crippen LogP contribution in [0.4, 0.5) is 0 Å². The van der Waals surface area contributed by atoms with Crippen LogP contribution in [-0.2, 0) is 16.9 Å². The van der Waals surface area contributed by atoms with Gasteiger partial charge in [0.05, 0.1) is 10.6 Å². The predicted octanol–water partition coefficient (Wildman–Crippen LogP) is 0.905. The van der Waals surface area contributed by atoms with Crippen LogP contribution in [0.3, 0.4) is 0 Å². The third kappa shape index (κ3) is 2.44. The second-order valence-corrected chi connectivity index (χ2v) is 6.14. The summed E-state index contributed by atoms with van der Waals surface area (Å²) in [5.74, 6) is 0. The zero-order chi connectivity index (χ0) is 13.3. The lowest BCUT2D eigenvalue weighted by molar-refractivity contribution is 0.209. The number of aliphatic hydroxyl groups excluding tert-OH is 1. The minimum Gasteiger partial charge on any atom is -0.382 e. The predicted molar refractivity (Wildman–Crippen MR) is 66.8 cm³/mol. The molecule has 1 heterocycles. The molecule has 0 amide bonds. The molecule has 0 aliphatic rings. The van der Waals surface area contributed by atoms with Crippen LogP contribution in [-0.4, -0.2) is 29.6 Å². The Labute approximate surface area is 106 Å². The molecule has 2 rings (SSSR count). The highest BCUT2D eigenvalue weighted by molar-refractivity contribution is 7.90. The van der Waals surface area contributed by atoms with Gasteiger partial charge in [-0.05, 0) is 23.8 Å². The van der Waals surface area contributed by atoms with Crippen LogP contribution >= 0.6 is 0 Å². The first-order valence-corrected chi connectivity index (χ1v) is 7.25. The van der Waals surface area contributed by atoms with Gasteiger partial charge in [0.25, 0.3) is 0 Å². The van der Waals surface area contributed by atoms with Gasteiger partial charge in [0.1, 0.15) is 6.10 Å². The Bertz CT molecular complexity index is 644. The molecule has 0 saturated carbocycles. The topological polar surface area (TPSA) is 72.2 Å². The van der Waals surface area contributed by atoms with E-state index in [-0.39, 0.29) is 4.90 Å². The van der Waals surface area contributed by atoms with Crippen molar-refractivity contribution in [2.24, 2.45) is 7.05 Å². The number of aryl methyl sites for hydroxylation is 1. The Morgan fingerprint density at radius 1 is 1.22 bits per heavy atom. The van der Waals surface area contributed by atoms with E-state index in [9.17, 15) is 13.5 Å². The van der Waals surface area contributed by atoms with Gasteiger partial charge in [-0.15, -0.1) is 0 Å². The van der Waals surface area contributed by atoms with Gasteiger partial charge in [-0.1, -0.05) is 12.1 Å². The number of hydrogen-bond donors (Lipinski definition) is 1. The Morgan fingerprint density at radius 3 is 2.28 bits per heavy atom. The lowest BCUT2D eigenvalue weighted by Crippen LogP contribution is -2.07. The highest BCUT2D eigenvalue weighted by atomic mass is 32.2. The van der Waals surface area contributed by atoms with Crippen molar-refractivity contribution in [2.75, 3.05) is 6.26 Å². The van der Waals surface area contributed by atoms with Crippen LogP contribution in [0.25, 0.3) is 0 Å². The minimum absolute atomic E-state index is 0.239. The number of aromatic nitrogens is 2. The first-order valence-electron chi connectivity index (χ1n) is 5.35. The smallest absolute Gasteiger partial charge is 0.175 e. The molecule has 1 aromatic heterocycles. The maximum Gasteiger partial charge on any atom is 0.175 e. The Kier molecular flexibility index (Phi) is 3.23. The van der Waals surface area contributed by atoms with Crippen LogP contribution < -0.4 is 0 Å². The highest BCUT2D eigenvalue weighted by Gasteiger charge is 2.15. The molecule has 0 bridgehead atoms. The van der Waals surface area contributed by atoms with Crippen molar-refractivity contribution >= 4 is 9.84 Å². The third-order valence-corrected chi connectivity index (χ3v) is 3.89. The van der Waals surface area contributed by atoms with E-state index < -0.39 is 15.9 Å². The van der Waals surface area contributed by atoms with E-state index in [4.69, 9.17) is 0 Å². The Hall–Kier alpha value is -1.66. The van der Waals surface area contributed by atoms with Crippen molar-refractivity contribution in [1.82, 2.24) is 9.78 Å². The molecule has 0 aliphatic heterocycles. The lowest BCUT2D eigenvalue weighted by atomic mass is 10.1. The Balaban J connectivity index is 2.33. The maximum atomic E-state index is 11.3. The number of nitrogens with zero attached hydrogens (tertiary/aromatic N) is 2. The SMILES string of the molecule is Cn1nccc1C(O)c1ccc(S(C)(=O)=O)cc1. The van der Waals surface area contributed by atoms with E-state index in [0.717, 1.165) is 6.26 Å². The van der Waals surface area contributed by atoms with Gasteiger partial charge in [0.15, 0.2) is 9.84 Å². The Morgan fingerprint density at radius 2 is 1.83 bits per heavy atom. The fourth-order valence-electron chi connectivity index (χ4n) is 1.72. The van der Waals surface area contributed by atoms with Crippen molar-refractivity contribution in [3.05, 3.63) is 47.8 Å². The maximum absolute atomic E-state index is 11.3. The standard InChI is InChI=1S/C12H14N2O3S/c1-14-11(7-8-13-14)12(15)9-3-5-10(6-4-9)18(2,16)17/h3-8,12,15H,1-2H3. The molecule has 6 heteroatoms. The summed E-state index contributed by atoms with van der Waals surface area (Å²) in [5.41, 5.74) is 1.29. The number of benzene rings is 1. The summed E-state index contributed by atoms with van der Waals surface area (Å²) in [6.07, 6.45) is 1.94. The monoisotopic (exact) mass is 266 g/mol. The van der Waals surface area contributed by atoms with E-state index >= 15 is 0 Å². The molecule has 96 valence electrons. The van der Waals surface area contributed by atoms with E-state index in [1.165, 1.54) is 12.1 Å². The second-order valence-electron chi connectivity index (χ2n) is 4.12. The largest absolute Gasteiger partial charge is 0.382 e. The van der Waals surface area contributed by atoms with Gasteiger partial charge >= 0.3 is 0 Å². The van der Waals surface area contributed by atoms with Gasteiger partial charge in [0, 0.05) is 19.5 Å². The molecule has 1 atom stereocenters. The molecule has 1 N–H and O–H groups in total. The van der Waals surface area contributed by atoms with Crippen molar-refractivity contribution in [3.63, 3.8) is 0 Å². The van der Waals surface area contributed by atoms with Crippen molar-refractivity contribution in [3.8, 4) is 0 Å². The molecule has 0 aliphatic carbocycles. The zero-order valence-electron chi connectivity index (χ0n) is 10.1. The first kappa shape index (κ1) is 12.8. The number of aliphatic hydroxyl groups is 1. The van der Waals surface area contributed by atoms with Crippen molar-refractivity contribution in [2.45, 2.75) is 11.0 Å². The van der Waals surface area contributed by atoms with Gasteiger partial charge in [-0.3, -0.25) is 4.68 Å².